The maximum Gasteiger partial charge on any atom is 0.251 e. The highest BCUT2D eigenvalue weighted by Gasteiger charge is 2.40. The fourth-order valence-corrected chi connectivity index (χ4v) is 5.42. The number of benzene rings is 3. The number of rotatable bonds is 6. The number of phenols is 1. The number of hydrogen-bond donors (Lipinski definition) is 2. The minimum absolute atomic E-state index is 0.0251. The van der Waals surface area contributed by atoms with Gasteiger partial charge in [0.05, 0.1) is 0 Å². The highest BCUT2D eigenvalue weighted by Crippen LogP contribution is 2.42. The van der Waals surface area contributed by atoms with Crippen LogP contribution in [0, 0.1) is 18.3 Å². The van der Waals surface area contributed by atoms with Crippen molar-refractivity contribution in [1.82, 2.24) is 10.2 Å². The van der Waals surface area contributed by atoms with E-state index in [1.807, 2.05) is 36.9 Å². The molecule has 1 aliphatic heterocycles. The van der Waals surface area contributed by atoms with E-state index in [0.717, 1.165) is 17.5 Å². The summed E-state index contributed by atoms with van der Waals surface area (Å²) in [5, 5.41) is 12.8. The van der Waals surface area contributed by atoms with Crippen molar-refractivity contribution in [3.63, 3.8) is 0 Å². The Bertz CT molecular complexity index is 1260. The zero-order chi connectivity index (χ0) is 26.7. The molecule has 2 amide bonds. The SMILES string of the molecule is Cc1ccc([C@H]2CCN(C(=O)[C@H](NC(=O)c3cccc(-c4cccc(O)c4)c3)C(C)C)CC2(C)C)cc1. The van der Waals surface area contributed by atoms with E-state index in [4.69, 9.17) is 0 Å². The van der Waals surface area contributed by atoms with Crippen LogP contribution in [-0.2, 0) is 4.79 Å². The largest absolute Gasteiger partial charge is 0.508 e. The third-order valence-corrected chi connectivity index (χ3v) is 7.54. The Labute approximate surface area is 220 Å². The Kier molecular flexibility index (Phi) is 7.72. The zero-order valence-electron chi connectivity index (χ0n) is 22.5. The van der Waals surface area contributed by atoms with Crippen LogP contribution < -0.4 is 5.32 Å². The van der Waals surface area contributed by atoms with Crippen molar-refractivity contribution in [3.8, 4) is 16.9 Å². The van der Waals surface area contributed by atoms with Crippen molar-refractivity contribution in [2.45, 2.75) is 53.0 Å². The quantitative estimate of drug-likeness (QED) is 0.427. The molecule has 0 aliphatic carbocycles. The van der Waals surface area contributed by atoms with E-state index in [9.17, 15) is 14.7 Å². The molecule has 3 aromatic rings. The molecule has 0 bridgehead atoms. The minimum atomic E-state index is -0.608. The van der Waals surface area contributed by atoms with Gasteiger partial charge in [-0.2, -0.15) is 0 Å². The number of phenolic OH excluding ortho intramolecular Hbond substituents is 1. The number of likely N-dealkylation sites (tertiary alicyclic amines) is 1. The monoisotopic (exact) mass is 498 g/mol. The van der Waals surface area contributed by atoms with Gasteiger partial charge in [0.25, 0.3) is 5.91 Å². The van der Waals surface area contributed by atoms with Gasteiger partial charge in [0.1, 0.15) is 11.8 Å². The van der Waals surface area contributed by atoms with E-state index < -0.39 is 6.04 Å². The average molecular weight is 499 g/mol. The molecule has 0 unspecified atom stereocenters. The fourth-order valence-electron chi connectivity index (χ4n) is 5.42. The summed E-state index contributed by atoms with van der Waals surface area (Å²) in [4.78, 5) is 28.9. The lowest BCUT2D eigenvalue weighted by atomic mass is 9.70. The lowest BCUT2D eigenvalue weighted by molar-refractivity contribution is -0.137. The highest BCUT2D eigenvalue weighted by molar-refractivity contribution is 5.98. The molecule has 2 atom stereocenters. The Hall–Kier alpha value is -3.60. The second-order valence-electron chi connectivity index (χ2n) is 11.3. The van der Waals surface area contributed by atoms with Crippen LogP contribution in [0.4, 0.5) is 0 Å². The van der Waals surface area contributed by atoms with Crippen LogP contribution in [0.5, 0.6) is 5.75 Å². The molecule has 1 heterocycles. The molecule has 0 radical (unpaired) electrons. The summed E-state index contributed by atoms with van der Waals surface area (Å²) in [5.74, 6) is 0.200. The van der Waals surface area contributed by atoms with E-state index in [2.05, 4.69) is 50.4 Å². The molecule has 0 spiro atoms. The molecule has 1 fully saturated rings. The van der Waals surface area contributed by atoms with Gasteiger partial charge in [-0.3, -0.25) is 9.59 Å². The third kappa shape index (κ3) is 6.04. The van der Waals surface area contributed by atoms with Crippen molar-refractivity contribution in [3.05, 3.63) is 89.5 Å². The summed E-state index contributed by atoms with van der Waals surface area (Å²) in [6.45, 7) is 11.8. The van der Waals surface area contributed by atoms with E-state index in [1.54, 1.807) is 30.3 Å². The number of nitrogens with zero attached hydrogens (tertiary/aromatic N) is 1. The zero-order valence-corrected chi connectivity index (χ0v) is 22.5. The second kappa shape index (κ2) is 10.8. The van der Waals surface area contributed by atoms with Crippen molar-refractivity contribution in [1.29, 1.82) is 0 Å². The molecule has 0 aromatic heterocycles. The van der Waals surface area contributed by atoms with Crippen molar-refractivity contribution in [2.24, 2.45) is 11.3 Å². The van der Waals surface area contributed by atoms with E-state index >= 15 is 0 Å². The van der Waals surface area contributed by atoms with Gasteiger partial charge in [-0.1, -0.05) is 81.8 Å². The van der Waals surface area contributed by atoms with Gasteiger partial charge in [-0.15, -0.1) is 0 Å². The lowest BCUT2D eigenvalue weighted by Crippen LogP contribution is -2.55. The summed E-state index contributed by atoms with van der Waals surface area (Å²) in [6, 6.07) is 22.3. The first-order valence-corrected chi connectivity index (χ1v) is 13.1. The summed E-state index contributed by atoms with van der Waals surface area (Å²) >= 11 is 0. The van der Waals surface area contributed by atoms with E-state index in [-0.39, 0.29) is 28.9 Å². The first-order chi connectivity index (χ1) is 17.5. The minimum Gasteiger partial charge on any atom is -0.508 e. The van der Waals surface area contributed by atoms with Gasteiger partial charge in [0.15, 0.2) is 0 Å². The topological polar surface area (TPSA) is 69.6 Å². The molecular weight excluding hydrogens is 460 g/mol. The molecule has 5 nitrogen and oxygen atoms in total. The predicted octanol–water partition coefficient (Wildman–Crippen LogP) is 6.16. The van der Waals surface area contributed by atoms with Gasteiger partial charge in [-0.05, 0) is 71.6 Å². The number of nitrogens with one attached hydrogen (secondary N) is 1. The molecule has 4 rings (SSSR count). The Balaban J connectivity index is 1.48. The number of carbonyl (C=O) groups excluding carboxylic acids is 2. The maximum absolute atomic E-state index is 13.7. The number of aromatic hydroxyl groups is 1. The Morgan fingerprint density at radius 3 is 2.24 bits per heavy atom. The van der Waals surface area contributed by atoms with Gasteiger partial charge in [0.2, 0.25) is 5.91 Å². The smallest absolute Gasteiger partial charge is 0.251 e. The van der Waals surface area contributed by atoms with Crippen LogP contribution in [-0.4, -0.2) is 41.0 Å². The number of hydrogen-bond acceptors (Lipinski definition) is 3. The van der Waals surface area contributed by atoms with Crippen LogP contribution in [0.1, 0.15) is 61.5 Å². The normalized spacial score (nSPS) is 17.9. The first-order valence-electron chi connectivity index (χ1n) is 13.1. The van der Waals surface area contributed by atoms with Gasteiger partial charge >= 0.3 is 0 Å². The van der Waals surface area contributed by atoms with Crippen molar-refractivity contribution < 1.29 is 14.7 Å². The van der Waals surface area contributed by atoms with Crippen LogP contribution >= 0.6 is 0 Å². The summed E-state index contributed by atoms with van der Waals surface area (Å²) in [7, 11) is 0. The first kappa shape index (κ1) is 26.5. The molecule has 1 saturated heterocycles. The number of piperidine rings is 1. The Morgan fingerprint density at radius 1 is 0.973 bits per heavy atom. The van der Waals surface area contributed by atoms with Crippen LogP contribution in [0.3, 0.4) is 0 Å². The van der Waals surface area contributed by atoms with Crippen molar-refractivity contribution >= 4 is 11.8 Å². The predicted molar refractivity (Wildman–Crippen MR) is 149 cm³/mol. The maximum atomic E-state index is 13.7. The summed E-state index contributed by atoms with van der Waals surface area (Å²) in [6.07, 6.45) is 0.895. The molecule has 1 aliphatic rings. The van der Waals surface area contributed by atoms with Crippen LogP contribution in [0.2, 0.25) is 0 Å². The van der Waals surface area contributed by atoms with Crippen LogP contribution in [0.25, 0.3) is 11.1 Å². The number of aryl methyl sites for hydroxylation is 1. The molecule has 2 N–H and O–H groups in total. The average Bonchev–Trinajstić information content (AvgIpc) is 2.87. The number of carbonyl (C=O) groups is 2. The van der Waals surface area contributed by atoms with E-state index in [1.165, 1.54) is 11.1 Å². The lowest BCUT2D eigenvalue weighted by Gasteiger charge is -2.45. The highest BCUT2D eigenvalue weighted by atomic mass is 16.3. The van der Waals surface area contributed by atoms with Crippen molar-refractivity contribution in [2.75, 3.05) is 13.1 Å². The molecule has 194 valence electrons. The van der Waals surface area contributed by atoms with E-state index in [0.29, 0.717) is 24.6 Å². The number of amides is 2. The van der Waals surface area contributed by atoms with Gasteiger partial charge in [0, 0.05) is 18.7 Å². The molecule has 0 saturated carbocycles. The molecule has 3 aromatic carbocycles. The summed E-state index contributed by atoms with van der Waals surface area (Å²) < 4.78 is 0. The van der Waals surface area contributed by atoms with Crippen LogP contribution in [0.15, 0.2) is 72.8 Å². The van der Waals surface area contributed by atoms with Gasteiger partial charge in [-0.25, -0.2) is 0 Å². The Morgan fingerprint density at radius 2 is 1.62 bits per heavy atom. The fraction of sp³-hybridized carbons (Fsp3) is 0.375. The van der Waals surface area contributed by atoms with Gasteiger partial charge < -0.3 is 15.3 Å². The molecule has 37 heavy (non-hydrogen) atoms. The summed E-state index contributed by atoms with van der Waals surface area (Å²) in [5.41, 5.74) is 4.63. The second-order valence-corrected chi connectivity index (χ2v) is 11.3. The molecule has 5 heteroatoms. The third-order valence-electron chi connectivity index (χ3n) is 7.54. The molecular formula is C32H38N2O3. The standard InChI is InChI=1S/C32H38N2O3/c1-21(2)29(33-30(36)26-10-6-8-24(18-26)25-9-7-11-27(35)19-25)31(37)34-17-16-28(32(4,5)20-34)23-14-12-22(3)13-15-23/h6-15,18-19,21,28-29,35H,16-17,20H2,1-5H3,(H,33,36)/t28-,29-/m1/s1.